The molecule has 166 valence electrons. The topological polar surface area (TPSA) is 66.5 Å². The molecule has 3 aliphatic rings. The van der Waals surface area contributed by atoms with Crippen LogP contribution in [-0.4, -0.2) is 35.3 Å². The summed E-state index contributed by atoms with van der Waals surface area (Å²) in [5.74, 6) is -0.721. The zero-order valence-electron chi connectivity index (χ0n) is 18.0. The summed E-state index contributed by atoms with van der Waals surface area (Å²) in [5.41, 5.74) is 3.18. The zero-order valence-corrected chi connectivity index (χ0v) is 18.8. The second-order valence-corrected chi connectivity index (χ2v) is 8.92. The minimum Gasteiger partial charge on any atom is -0.369 e. The summed E-state index contributed by atoms with van der Waals surface area (Å²) in [7, 11) is 0. The predicted molar refractivity (Wildman–Crippen MR) is 129 cm³/mol. The van der Waals surface area contributed by atoms with E-state index < -0.39 is 5.92 Å². The van der Waals surface area contributed by atoms with Gasteiger partial charge in [-0.15, -0.1) is 0 Å². The number of fused-ring (bicyclic) bond motifs is 3. The highest BCUT2D eigenvalue weighted by molar-refractivity contribution is 6.31. The number of ketones is 3. The molecule has 1 unspecified atom stereocenters. The van der Waals surface area contributed by atoms with Gasteiger partial charge in [-0.3, -0.25) is 14.4 Å². The molecule has 1 N–H and O–H groups in total. The molecule has 0 amide bonds. The van der Waals surface area contributed by atoms with Crippen LogP contribution in [0.2, 0.25) is 5.02 Å². The first kappa shape index (κ1) is 20.6. The lowest BCUT2D eigenvalue weighted by molar-refractivity contribution is 0.0936. The van der Waals surface area contributed by atoms with Crippen molar-refractivity contribution in [3.63, 3.8) is 0 Å². The van der Waals surface area contributed by atoms with Crippen LogP contribution < -0.4 is 5.32 Å². The maximum absolute atomic E-state index is 13.9. The number of hydrogen-bond acceptors (Lipinski definition) is 5. The minimum absolute atomic E-state index is 0.180. The van der Waals surface area contributed by atoms with Gasteiger partial charge in [-0.25, -0.2) is 0 Å². The van der Waals surface area contributed by atoms with E-state index in [-0.39, 0.29) is 17.3 Å². The Morgan fingerprint density at radius 3 is 2.21 bits per heavy atom. The molecule has 34 heavy (non-hydrogen) atoms. The van der Waals surface area contributed by atoms with Crippen LogP contribution in [0.15, 0.2) is 102 Å². The first-order chi connectivity index (χ1) is 16.6. The summed E-state index contributed by atoms with van der Waals surface area (Å²) in [6, 6.07) is 23.0. The highest BCUT2D eigenvalue weighted by atomic mass is 35.5. The maximum atomic E-state index is 13.9. The molecule has 1 saturated heterocycles. The lowest BCUT2D eigenvalue weighted by Crippen LogP contribution is -2.40. The van der Waals surface area contributed by atoms with E-state index in [0.29, 0.717) is 57.5 Å². The smallest absolute Gasteiger partial charge is 0.210 e. The Hall–Kier alpha value is -3.96. The van der Waals surface area contributed by atoms with Crippen LogP contribution >= 0.6 is 11.6 Å². The van der Waals surface area contributed by atoms with Crippen LogP contribution in [0.5, 0.6) is 0 Å². The number of benzene rings is 3. The van der Waals surface area contributed by atoms with Crippen LogP contribution in [0.3, 0.4) is 0 Å². The van der Waals surface area contributed by atoms with Crippen LogP contribution in [-0.2, 0) is 0 Å². The van der Waals surface area contributed by atoms with Gasteiger partial charge in [-0.05, 0) is 17.7 Å². The molecule has 1 fully saturated rings. The molecule has 2 heterocycles. The van der Waals surface area contributed by atoms with Crippen molar-refractivity contribution in [2.75, 3.05) is 13.1 Å². The summed E-state index contributed by atoms with van der Waals surface area (Å²) in [4.78, 5) is 43.4. The van der Waals surface area contributed by atoms with E-state index in [2.05, 4.69) is 5.32 Å². The Bertz CT molecular complexity index is 1440. The van der Waals surface area contributed by atoms with E-state index in [1.165, 1.54) is 0 Å². The molecule has 3 aromatic carbocycles. The summed E-state index contributed by atoms with van der Waals surface area (Å²) in [6.07, 6.45) is 0. The minimum atomic E-state index is -0.707. The van der Waals surface area contributed by atoms with Gasteiger partial charge in [-0.2, -0.15) is 0 Å². The summed E-state index contributed by atoms with van der Waals surface area (Å²) in [5, 5.41) is 3.87. The number of nitrogens with zero attached hydrogens (tertiary/aromatic N) is 1. The number of Topliss-reactive ketones (excluding diaryl/α,β-unsaturated/α-hetero) is 3. The fraction of sp³-hybridized carbons (Fsp3) is 0.107. The van der Waals surface area contributed by atoms with Gasteiger partial charge < -0.3 is 10.2 Å². The highest BCUT2D eigenvalue weighted by Crippen LogP contribution is 2.47. The molecule has 1 atom stereocenters. The summed E-state index contributed by atoms with van der Waals surface area (Å²) in [6.45, 7) is 1.06. The van der Waals surface area contributed by atoms with Crippen molar-refractivity contribution in [2.24, 2.45) is 0 Å². The van der Waals surface area contributed by atoms with Crippen molar-refractivity contribution in [3.05, 3.63) is 129 Å². The molecule has 0 saturated carbocycles. The van der Waals surface area contributed by atoms with Crippen LogP contribution in [0.1, 0.15) is 42.6 Å². The Balaban J connectivity index is 1.64. The normalized spacial score (nSPS) is 19.0. The number of carbonyl (C=O) groups excluding carboxylic acids is 3. The molecule has 0 bridgehead atoms. The first-order valence-electron chi connectivity index (χ1n) is 11.1. The third-order valence-corrected chi connectivity index (χ3v) is 6.87. The maximum Gasteiger partial charge on any atom is 0.210 e. The average molecular weight is 467 g/mol. The van der Waals surface area contributed by atoms with Gasteiger partial charge in [0.1, 0.15) is 5.82 Å². The lowest BCUT2D eigenvalue weighted by Gasteiger charge is -2.38. The Labute approximate surface area is 201 Å². The van der Waals surface area contributed by atoms with E-state index in [0.717, 1.165) is 5.56 Å². The number of rotatable bonds is 3. The zero-order chi connectivity index (χ0) is 23.4. The van der Waals surface area contributed by atoms with Crippen molar-refractivity contribution in [1.29, 1.82) is 0 Å². The van der Waals surface area contributed by atoms with Gasteiger partial charge >= 0.3 is 0 Å². The van der Waals surface area contributed by atoms with Crippen LogP contribution in [0.25, 0.3) is 0 Å². The van der Waals surface area contributed by atoms with Gasteiger partial charge in [0.25, 0.3) is 0 Å². The van der Waals surface area contributed by atoms with E-state index >= 15 is 0 Å². The molecule has 0 aromatic heterocycles. The fourth-order valence-corrected chi connectivity index (χ4v) is 5.25. The lowest BCUT2D eigenvalue weighted by atomic mass is 9.72. The number of carbonyl (C=O) groups is 3. The predicted octanol–water partition coefficient (Wildman–Crippen LogP) is 4.77. The molecule has 0 radical (unpaired) electrons. The monoisotopic (exact) mass is 466 g/mol. The molecular weight excluding hydrogens is 448 g/mol. The molecule has 1 aliphatic carbocycles. The first-order valence-corrected chi connectivity index (χ1v) is 11.5. The van der Waals surface area contributed by atoms with Gasteiger partial charge in [0.15, 0.2) is 11.6 Å². The summed E-state index contributed by atoms with van der Waals surface area (Å²) >= 11 is 6.16. The van der Waals surface area contributed by atoms with Crippen LogP contribution in [0.4, 0.5) is 0 Å². The number of hydrogen-bond donors (Lipinski definition) is 1. The van der Waals surface area contributed by atoms with Crippen molar-refractivity contribution in [2.45, 2.75) is 5.92 Å². The molecular formula is C28H19ClN2O3. The molecule has 6 rings (SSSR count). The summed E-state index contributed by atoms with van der Waals surface area (Å²) < 4.78 is 0. The standard InChI is InChI=1S/C28H19ClN2O3/c29-18-12-10-16(11-13-18)21-22-24(27(34)20-9-5-4-8-19(20)26(22)33)31-15-14-30-28(31)23(21)25(32)17-6-2-1-3-7-17/h1-13,21,30H,14-15H2. The van der Waals surface area contributed by atoms with Gasteiger partial charge in [0.05, 0.1) is 11.3 Å². The van der Waals surface area contributed by atoms with E-state index in [9.17, 15) is 14.4 Å². The number of allylic oxidation sites excluding steroid dienone is 3. The molecule has 3 aromatic rings. The molecule has 2 aliphatic heterocycles. The highest BCUT2D eigenvalue weighted by Gasteiger charge is 2.48. The average Bonchev–Trinajstić information content (AvgIpc) is 3.36. The quantitative estimate of drug-likeness (QED) is 0.563. The number of nitrogens with one attached hydrogen (secondary N) is 1. The van der Waals surface area contributed by atoms with E-state index in [1.807, 2.05) is 35.2 Å². The van der Waals surface area contributed by atoms with Gasteiger partial charge in [0.2, 0.25) is 5.78 Å². The Morgan fingerprint density at radius 1 is 0.853 bits per heavy atom. The van der Waals surface area contributed by atoms with Crippen LogP contribution in [0, 0.1) is 0 Å². The fourth-order valence-electron chi connectivity index (χ4n) is 5.13. The largest absolute Gasteiger partial charge is 0.369 e. The Kier molecular flexibility index (Phi) is 4.74. The van der Waals surface area contributed by atoms with Gasteiger partial charge in [-0.1, -0.05) is 78.3 Å². The third-order valence-electron chi connectivity index (χ3n) is 6.62. The second-order valence-electron chi connectivity index (χ2n) is 8.49. The van der Waals surface area contributed by atoms with Crippen molar-refractivity contribution in [3.8, 4) is 0 Å². The Morgan fingerprint density at radius 2 is 1.50 bits per heavy atom. The van der Waals surface area contributed by atoms with E-state index in [1.54, 1.807) is 48.5 Å². The number of halogens is 1. The third kappa shape index (κ3) is 2.97. The van der Waals surface area contributed by atoms with Crippen molar-refractivity contribution >= 4 is 29.0 Å². The van der Waals surface area contributed by atoms with E-state index in [4.69, 9.17) is 11.6 Å². The van der Waals surface area contributed by atoms with Gasteiger partial charge in [0, 0.05) is 46.3 Å². The van der Waals surface area contributed by atoms with Crippen molar-refractivity contribution in [1.82, 2.24) is 10.2 Å². The second kappa shape index (κ2) is 7.82. The molecule has 6 heteroatoms. The molecule has 5 nitrogen and oxygen atoms in total. The van der Waals surface area contributed by atoms with Crippen molar-refractivity contribution < 1.29 is 14.4 Å². The molecule has 0 spiro atoms. The SMILES string of the molecule is O=C(C1=C2NCCN2C2=C(C(=O)c3ccccc3C2=O)C1c1ccc(Cl)cc1)c1ccccc1.